The van der Waals surface area contributed by atoms with Gasteiger partial charge in [0.05, 0.1) is 16.5 Å². The van der Waals surface area contributed by atoms with Gasteiger partial charge in [0.2, 0.25) is 15.9 Å². The molecule has 5 nitrogen and oxygen atoms in total. The predicted octanol–water partition coefficient (Wildman–Crippen LogP) is 5.14. The van der Waals surface area contributed by atoms with Gasteiger partial charge in [-0.3, -0.25) is 4.79 Å². The molecule has 1 N–H and O–H groups in total. The van der Waals surface area contributed by atoms with Gasteiger partial charge in [0, 0.05) is 19.0 Å². The molecule has 0 spiro atoms. The average Bonchev–Trinajstić information content (AvgIpc) is 2.83. The highest BCUT2D eigenvalue weighted by Gasteiger charge is 2.40. The molecule has 0 aromatic heterocycles. The van der Waals surface area contributed by atoms with Crippen LogP contribution >= 0.6 is 0 Å². The van der Waals surface area contributed by atoms with E-state index in [1.165, 1.54) is 6.07 Å². The Hall–Kier alpha value is -2.91. The lowest BCUT2D eigenvalue weighted by molar-refractivity contribution is -0.139. The maximum absolute atomic E-state index is 13.3. The van der Waals surface area contributed by atoms with Crippen LogP contribution in [-0.2, 0) is 21.0 Å². The maximum Gasteiger partial charge on any atom is 0.417 e. The van der Waals surface area contributed by atoms with E-state index in [1.807, 2.05) is 49.4 Å². The first-order valence-electron chi connectivity index (χ1n) is 11.0. The molecule has 34 heavy (non-hydrogen) atoms. The molecule has 1 heterocycles. The minimum absolute atomic E-state index is 0.0169. The molecule has 9 heteroatoms. The van der Waals surface area contributed by atoms with Crippen LogP contribution in [0, 0.1) is 5.92 Å². The van der Waals surface area contributed by atoms with Gasteiger partial charge in [-0.25, -0.2) is 8.42 Å². The summed E-state index contributed by atoms with van der Waals surface area (Å²) in [5.41, 5.74) is -0.227. The standard InChI is InChI=1S/C25H25F3N2O3S/c1-17(20-11-10-18-6-2-3-7-21(18)16-20)29-24(31)19-12-14-30(15-13-19)34(32,33)23-9-5-4-8-22(23)25(26,27)28/h2-11,16-17,19H,12-15H2,1H3,(H,29,31)/t17-/m0/s1. The number of nitrogens with one attached hydrogen (secondary N) is 1. The van der Waals surface area contributed by atoms with Gasteiger partial charge in [-0.05, 0) is 54.3 Å². The van der Waals surface area contributed by atoms with E-state index < -0.39 is 32.6 Å². The number of hydrogen-bond donors (Lipinski definition) is 1. The lowest BCUT2D eigenvalue weighted by Crippen LogP contribution is -2.43. The normalized spacial score (nSPS) is 16.9. The number of benzene rings is 3. The molecule has 1 saturated heterocycles. The van der Waals surface area contributed by atoms with Crippen LogP contribution in [0.1, 0.15) is 36.9 Å². The highest BCUT2D eigenvalue weighted by molar-refractivity contribution is 7.89. The van der Waals surface area contributed by atoms with E-state index in [1.54, 1.807) is 0 Å². The zero-order valence-corrected chi connectivity index (χ0v) is 19.4. The van der Waals surface area contributed by atoms with Crippen molar-refractivity contribution in [3.63, 3.8) is 0 Å². The molecule has 1 fully saturated rings. The first-order chi connectivity index (χ1) is 16.1. The second-order valence-electron chi connectivity index (χ2n) is 8.51. The van der Waals surface area contributed by atoms with Crippen molar-refractivity contribution >= 4 is 26.7 Å². The zero-order valence-electron chi connectivity index (χ0n) is 18.5. The van der Waals surface area contributed by atoms with E-state index in [-0.39, 0.29) is 37.9 Å². The quantitative estimate of drug-likeness (QED) is 0.539. The largest absolute Gasteiger partial charge is 0.417 e. The van der Waals surface area contributed by atoms with E-state index in [0.717, 1.165) is 38.8 Å². The summed E-state index contributed by atoms with van der Waals surface area (Å²) in [5, 5.41) is 5.16. The molecule has 0 bridgehead atoms. The summed E-state index contributed by atoms with van der Waals surface area (Å²) < 4.78 is 66.9. The third kappa shape index (κ3) is 4.95. The second-order valence-corrected chi connectivity index (χ2v) is 10.4. The minimum atomic E-state index is -4.78. The summed E-state index contributed by atoms with van der Waals surface area (Å²) in [6, 6.07) is 17.8. The van der Waals surface area contributed by atoms with Gasteiger partial charge >= 0.3 is 6.18 Å². The van der Waals surface area contributed by atoms with Crippen LogP contribution in [0.2, 0.25) is 0 Å². The van der Waals surface area contributed by atoms with Crippen LogP contribution in [0.4, 0.5) is 13.2 Å². The molecule has 4 rings (SSSR count). The lowest BCUT2D eigenvalue weighted by atomic mass is 9.96. The van der Waals surface area contributed by atoms with Crippen molar-refractivity contribution in [1.82, 2.24) is 9.62 Å². The molecule has 1 atom stereocenters. The van der Waals surface area contributed by atoms with Crippen molar-refractivity contribution in [3.8, 4) is 0 Å². The lowest BCUT2D eigenvalue weighted by Gasteiger charge is -2.31. The molecule has 1 aliphatic heterocycles. The summed E-state index contributed by atoms with van der Waals surface area (Å²) in [7, 11) is -4.33. The fourth-order valence-corrected chi connectivity index (χ4v) is 6.00. The van der Waals surface area contributed by atoms with Gasteiger partial charge in [0.1, 0.15) is 0 Å². The minimum Gasteiger partial charge on any atom is -0.349 e. The number of hydrogen-bond acceptors (Lipinski definition) is 3. The molecule has 1 aliphatic rings. The maximum atomic E-state index is 13.3. The number of amides is 1. The highest BCUT2D eigenvalue weighted by atomic mass is 32.2. The summed E-state index contributed by atoms with van der Waals surface area (Å²) >= 11 is 0. The number of alkyl halides is 3. The molecule has 0 unspecified atom stereocenters. The van der Waals surface area contributed by atoms with Crippen LogP contribution in [-0.4, -0.2) is 31.7 Å². The molecule has 180 valence electrons. The van der Waals surface area contributed by atoms with Gasteiger partial charge < -0.3 is 5.32 Å². The number of carbonyl (C=O) groups excluding carboxylic acids is 1. The predicted molar refractivity (Wildman–Crippen MR) is 123 cm³/mol. The van der Waals surface area contributed by atoms with E-state index in [9.17, 15) is 26.4 Å². The first-order valence-corrected chi connectivity index (χ1v) is 12.5. The summed E-state index contributed by atoms with van der Waals surface area (Å²) in [6.07, 6.45) is -4.30. The van der Waals surface area contributed by atoms with Crippen LogP contribution in [0.3, 0.4) is 0 Å². The van der Waals surface area contributed by atoms with Crippen molar-refractivity contribution in [3.05, 3.63) is 77.9 Å². The number of carbonyl (C=O) groups is 1. The van der Waals surface area contributed by atoms with Gasteiger partial charge in [-0.2, -0.15) is 17.5 Å². The Morgan fingerprint density at radius 3 is 2.26 bits per heavy atom. The van der Waals surface area contributed by atoms with Gasteiger partial charge in [0.25, 0.3) is 0 Å². The van der Waals surface area contributed by atoms with Crippen molar-refractivity contribution in [1.29, 1.82) is 0 Å². The van der Waals surface area contributed by atoms with Crippen molar-refractivity contribution in [2.75, 3.05) is 13.1 Å². The Morgan fingerprint density at radius 1 is 0.971 bits per heavy atom. The third-order valence-corrected chi connectivity index (χ3v) is 8.22. The summed E-state index contributed by atoms with van der Waals surface area (Å²) in [4.78, 5) is 12.1. The van der Waals surface area contributed by atoms with Crippen molar-refractivity contribution in [2.24, 2.45) is 5.92 Å². The smallest absolute Gasteiger partial charge is 0.349 e. The number of sulfonamides is 1. The Labute approximate surface area is 196 Å². The monoisotopic (exact) mass is 490 g/mol. The highest BCUT2D eigenvalue weighted by Crippen LogP contribution is 2.36. The Balaban J connectivity index is 1.41. The zero-order chi connectivity index (χ0) is 24.5. The van der Waals surface area contributed by atoms with E-state index in [0.29, 0.717) is 0 Å². The average molecular weight is 491 g/mol. The van der Waals surface area contributed by atoms with Crippen LogP contribution < -0.4 is 5.32 Å². The molecular weight excluding hydrogens is 465 g/mol. The van der Waals surface area contributed by atoms with Gasteiger partial charge in [0.15, 0.2) is 0 Å². The fraction of sp³-hybridized carbons (Fsp3) is 0.320. The Kier molecular flexibility index (Phi) is 6.69. The van der Waals surface area contributed by atoms with Crippen molar-refractivity contribution in [2.45, 2.75) is 36.9 Å². The SMILES string of the molecule is C[C@H](NC(=O)C1CCN(S(=O)(=O)c2ccccc2C(F)(F)F)CC1)c1ccc2ccccc2c1. The van der Waals surface area contributed by atoms with Crippen LogP contribution in [0.15, 0.2) is 71.6 Å². The first kappa shape index (κ1) is 24.2. The second kappa shape index (κ2) is 9.38. The topological polar surface area (TPSA) is 66.5 Å². The molecule has 3 aromatic rings. The summed E-state index contributed by atoms with van der Waals surface area (Å²) in [5.74, 6) is -0.597. The number of rotatable bonds is 5. The fourth-order valence-electron chi connectivity index (χ4n) is 4.31. The van der Waals surface area contributed by atoms with Crippen LogP contribution in [0.5, 0.6) is 0 Å². The number of nitrogens with zero attached hydrogens (tertiary/aromatic N) is 1. The summed E-state index contributed by atoms with van der Waals surface area (Å²) in [6.45, 7) is 1.85. The van der Waals surface area contributed by atoms with Crippen molar-refractivity contribution < 1.29 is 26.4 Å². The molecule has 1 amide bonds. The Bertz CT molecular complexity index is 1300. The number of piperidine rings is 1. The van der Waals surface area contributed by atoms with Gasteiger partial charge in [-0.1, -0.05) is 48.5 Å². The molecule has 0 saturated carbocycles. The number of halogens is 3. The van der Waals surface area contributed by atoms with E-state index >= 15 is 0 Å². The molecule has 0 aliphatic carbocycles. The molecule has 0 radical (unpaired) electrons. The molecule has 3 aromatic carbocycles. The molecular formula is C25H25F3N2O3S. The number of fused-ring (bicyclic) bond motifs is 1. The van der Waals surface area contributed by atoms with Gasteiger partial charge in [-0.15, -0.1) is 0 Å². The van der Waals surface area contributed by atoms with Crippen LogP contribution in [0.25, 0.3) is 10.8 Å². The van der Waals surface area contributed by atoms with E-state index in [4.69, 9.17) is 0 Å². The Morgan fingerprint density at radius 2 is 1.59 bits per heavy atom. The third-order valence-electron chi connectivity index (χ3n) is 6.27. The van der Waals surface area contributed by atoms with E-state index in [2.05, 4.69) is 5.32 Å².